The molecule has 0 aliphatic rings. The highest BCUT2D eigenvalue weighted by molar-refractivity contribution is 6.34. The van der Waals surface area contributed by atoms with Crippen molar-refractivity contribution in [2.75, 3.05) is 10.6 Å². The number of hydrogen-bond donors (Lipinski definition) is 5. The fourth-order valence-electron chi connectivity index (χ4n) is 2.77. The van der Waals surface area contributed by atoms with Gasteiger partial charge in [0, 0.05) is 0 Å². The predicted octanol–water partition coefficient (Wildman–Crippen LogP) is 2.94. The molecule has 0 spiro atoms. The van der Waals surface area contributed by atoms with Crippen LogP contribution in [0.15, 0.2) is 48.8 Å². The van der Waals surface area contributed by atoms with Crippen LogP contribution in [0.5, 0.6) is 0 Å². The molecular weight excluding hydrogens is 396 g/mol. The van der Waals surface area contributed by atoms with E-state index in [0.717, 1.165) is 5.52 Å². The summed E-state index contributed by atoms with van der Waals surface area (Å²) in [5.74, 6) is -0.968. The van der Waals surface area contributed by atoms with Crippen LogP contribution < -0.4 is 10.6 Å². The molecule has 29 heavy (non-hydrogen) atoms. The van der Waals surface area contributed by atoms with Gasteiger partial charge < -0.3 is 20.4 Å². The van der Waals surface area contributed by atoms with Gasteiger partial charge in [-0.15, -0.1) is 0 Å². The molecule has 0 saturated heterocycles. The topological polar surface area (TPSA) is 136 Å². The van der Waals surface area contributed by atoms with Crippen LogP contribution in [0.3, 0.4) is 0 Å². The number of aromatic amines is 2. The number of H-pyrrole nitrogens is 2. The van der Waals surface area contributed by atoms with E-state index in [1.54, 1.807) is 24.3 Å². The maximum absolute atomic E-state index is 12.6. The third-order valence-corrected chi connectivity index (χ3v) is 4.49. The summed E-state index contributed by atoms with van der Waals surface area (Å²) < 4.78 is 0. The number of benzene rings is 2. The fraction of sp³-hybridized carbons (Fsp3) is 0.0526. The molecule has 146 valence electrons. The molecule has 4 aromatic rings. The SMILES string of the molecule is O=C(Nc1nc2ccccc2[nH]1)c1nc[nH]c1C(=O)Nc1cc(CO)ccc1Cl. The van der Waals surface area contributed by atoms with E-state index in [9.17, 15) is 14.7 Å². The number of nitrogens with zero attached hydrogens (tertiary/aromatic N) is 2. The van der Waals surface area contributed by atoms with Crippen LogP contribution in [0.1, 0.15) is 26.5 Å². The largest absolute Gasteiger partial charge is 0.392 e. The molecule has 0 aliphatic carbocycles. The molecule has 0 unspecified atom stereocenters. The molecule has 2 amide bonds. The number of aliphatic hydroxyl groups is 1. The van der Waals surface area contributed by atoms with Gasteiger partial charge in [0.1, 0.15) is 5.69 Å². The molecule has 2 aromatic carbocycles. The van der Waals surface area contributed by atoms with Crippen LogP contribution in [0.4, 0.5) is 11.6 Å². The number of para-hydroxylation sites is 2. The molecule has 5 N–H and O–H groups in total. The van der Waals surface area contributed by atoms with Crippen molar-refractivity contribution in [3.05, 3.63) is 70.8 Å². The lowest BCUT2D eigenvalue weighted by Gasteiger charge is -2.09. The number of fused-ring (bicyclic) bond motifs is 1. The van der Waals surface area contributed by atoms with Gasteiger partial charge >= 0.3 is 0 Å². The van der Waals surface area contributed by atoms with Gasteiger partial charge in [-0.2, -0.15) is 0 Å². The highest BCUT2D eigenvalue weighted by Gasteiger charge is 2.22. The first-order chi connectivity index (χ1) is 14.0. The number of imidazole rings is 2. The average molecular weight is 411 g/mol. The second kappa shape index (κ2) is 7.74. The minimum Gasteiger partial charge on any atom is -0.392 e. The zero-order valence-electron chi connectivity index (χ0n) is 14.9. The smallest absolute Gasteiger partial charge is 0.279 e. The average Bonchev–Trinajstić information content (AvgIpc) is 3.36. The zero-order chi connectivity index (χ0) is 20.4. The summed E-state index contributed by atoms with van der Waals surface area (Å²) in [6, 6.07) is 12.1. The summed E-state index contributed by atoms with van der Waals surface area (Å²) >= 11 is 6.09. The summed E-state index contributed by atoms with van der Waals surface area (Å²) in [6.45, 7) is -0.199. The number of aliphatic hydroxyl groups excluding tert-OH is 1. The standard InChI is InChI=1S/C19H15ClN6O3/c20-11-6-5-10(8-27)7-14(11)23-17(28)15-16(22-9-21-15)18(29)26-19-24-12-3-1-2-4-13(12)25-19/h1-7,9,27H,8H2,(H,21,22)(H,23,28)(H2,24,25,26,29). The summed E-state index contributed by atoms with van der Waals surface area (Å²) in [5.41, 5.74) is 2.21. The highest BCUT2D eigenvalue weighted by Crippen LogP contribution is 2.24. The lowest BCUT2D eigenvalue weighted by atomic mass is 10.2. The van der Waals surface area contributed by atoms with E-state index in [1.807, 2.05) is 18.2 Å². The van der Waals surface area contributed by atoms with Gasteiger partial charge in [-0.1, -0.05) is 29.8 Å². The molecule has 9 nitrogen and oxygen atoms in total. The Balaban J connectivity index is 1.54. The number of anilines is 2. The van der Waals surface area contributed by atoms with Crippen molar-refractivity contribution in [3.8, 4) is 0 Å². The van der Waals surface area contributed by atoms with Crippen LogP contribution >= 0.6 is 11.6 Å². The fourth-order valence-corrected chi connectivity index (χ4v) is 2.93. The van der Waals surface area contributed by atoms with Gasteiger partial charge in [-0.3, -0.25) is 14.9 Å². The maximum Gasteiger partial charge on any atom is 0.279 e. The van der Waals surface area contributed by atoms with Crippen molar-refractivity contribution in [1.82, 2.24) is 19.9 Å². The number of rotatable bonds is 5. The lowest BCUT2D eigenvalue weighted by Crippen LogP contribution is -2.21. The Kier molecular flexibility index (Phi) is 4.98. The van der Waals surface area contributed by atoms with Crippen molar-refractivity contribution in [3.63, 3.8) is 0 Å². The first-order valence-corrected chi connectivity index (χ1v) is 8.93. The summed E-state index contributed by atoms with van der Waals surface area (Å²) in [5, 5.41) is 14.7. The first-order valence-electron chi connectivity index (χ1n) is 8.55. The Bertz CT molecular complexity index is 1180. The summed E-state index contributed by atoms with van der Waals surface area (Å²) in [6.07, 6.45) is 1.24. The van der Waals surface area contributed by atoms with Gasteiger partial charge in [0.25, 0.3) is 11.8 Å². The van der Waals surface area contributed by atoms with E-state index in [0.29, 0.717) is 21.8 Å². The molecule has 0 radical (unpaired) electrons. The predicted molar refractivity (Wildman–Crippen MR) is 108 cm³/mol. The van der Waals surface area contributed by atoms with Crippen molar-refractivity contribution in [1.29, 1.82) is 0 Å². The Morgan fingerprint density at radius 1 is 1.10 bits per heavy atom. The Labute approximate surface area is 169 Å². The minimum atomic E-state index is -0.606. The number of amides is 2. The summed E-state index contributed by atoms with van der Waals surface area (Å²) in [7, 11) is 0. The molecule has 0 fully saturated rings. The molecular formula is C19H15ClN6O3. The number of carbonyl (C=O) groups excluding carboxylic acids is 2. The van der Waals surface area contributed by atoms with Gasteiger partial charge in [-0.25, -0.2) is 9.97 Å². The third-order valence-electron chi connectivity index (χ3n) is 4.16. The van der Waals surface area contributed by atoms with Gasteiger partial charge in [0.15, 0.2) is 5.69 Å². The Morgan fingerprint density at radius 2 is 1.93 bits per heavy atom. The number of aromatic nitrogens is 4. The monoisotopic (exact) mass is 410 g/mol. The summed E-state index contributed by atoms with van der Waals surface area (Å²) in [4.78, 5) is 39.1. The van der Waals surface area contributed by atoms with E-state index < -0.39 is 11.8 Å². The van der Waals surface area contributed by atoms with Crippen LogP contribution in [0, 0.1) is 0 Å². The van der Waals surface area contributed by atoms with E-state index in [2.05, 4.69) is 30.6 Å². The van der Waals surface area contributed by atoms with Crippen LogP contribution in [-0.4, -0.2) is 36.9 Å². The van der Waals surface area contributed by atoms with Crippen molar-refractivity contribution in [2.24, 2.45) is 0 Å². The van der Waals surface area contributed by atoms with Crippen LogP contribution in [0.25, 0.3) is 11.0 Å². The number of nitrogens with one attached hydrogen (secondary N) is 4. The van der Waals surface area contributed by atoms with Gasteiger partial charge in [0.05, 0.1) is 34.7 Å². The molecule has 2 aromatic heterocycles. The van der Waals surface area contributed by atoms with Gasteiger partial charge in [0.2, 0.25) is 5.95 Å². The zero-order valence-corrected chi connectivity index (χ0v) is 15.6. The lowest BCUT2D eigenvalue weighted by molar-refractivity contribution is 0.0985. The molecule has 2 heterocycles. The number of halogens is 1. The Morgan fingerprint density at radius 3 is 2.72 bits per heavy atom. The van der Waals surface area contributed by atoms with E-state index in [4.69, 9.17) is 11.6 Å². The van der Waals surface area contributed by atoms with Crippen molar-refractivity contribution in [2.45, 2.75) is 6.61 Å². The molecule has 4 rings (SSSR count). The first kappa shape index (κ1) is 18.7. The number of hydrogen-bond acceptors (Lipinski definition) is 5. The highest BCUT2D eigenvalue weighted by atomic mass is 35.5. The van der Waals surface area contributed by atoms with Crippen molar-refractivity contribution >= 4 is 46.1 Å². The normalized spacial score (nSPS) is 10.8. The molecule has 0 saturated carbocycles. The van der Waals surface area contributed by atoms with Crippen LogP contribution in [0.2, 0.25) is 5.02 Å². The second-order valence-corrected chi connectivity index (χ2v) is 6.52. The molecule has 0 atom stereocenters. The minimum absolute atomic E-state index is 0.0379. The van der Waals surface area contributed by atoms with E-state index in [1.165, 1.54) is 6.33 Å². The van der Waals surface area contributed by atoms with E-state index >= 15 is 0 Å². The number of carbonyl (C=O) groups is 2. The Hall–Kier alpha value is -3.69. The van der Waals surface area contributed by atoms with Gasteiger partial charge in [-0.05, 0) is 29.8 Å². The third kappa shape index (κ3) is 3.82. The van der Waals surface area contributed by atoms with E-state index in [-0.39, 0.29) is 23.9 Å². The second-order valence-electron chi connectivity index (χ2n) is 6.11. The van der Waals surface area contributed by atoms with Crippen LogP contribution in [-0.2, 0) is 6.61 Å². The van der Waals surface area contributed by atoms with Crippen molar-refractivity contribution < 1.29 is 14.7 Å². The quantitative estimate of drug-likeness (QED) is 0.344. The molecule has 0 aliphatic heterocycles. The maximum atomic E-state index is 12.6. The molecule has 0 bridgehead atoms. The molecule has 10 heteroatoms.